The molecule has 25 heavy (non-hydrogen) atoms. The molecule has 2 heterocycles. The predicted molar refractivity (Wildman–Crippen MR) is 96.2 cm³/mol. The summed E-state index contributed by atoms with van der Waals surface area (Å²) in [5.41, 5.74) is 0.713. The van der Waals surface area contributed by atoms with E-state index in [0.29, 0.717) is 42.2 Å². The number of amides is 1. The summed E-state index contributed by atoms with van der Waals surface area (Å²) in [6.07, 6.45) is 5.35. The second-order valence-electron chi connectivity index (χ2n) is 7.37. The van der Waals surface area contributed by atoms with Gasteiger partial charge in [-0.1, -0.05) is 24.4 Å². The summed E-state index contributed by atoms with van der Waals surface area (Å²) in [5.74, 6) is 1.92. The van der Waals surface area contributed by atoms with Crippen molar-refractivity contribution in [3.05, 3.63) is 22.7 Å². The Balaban J connectivity index is 1.47. The Bertz CT molecular complexity index is 666. The number of rotatable bonds is 3. The van der Waals surface area contributed by atoms with Gasteiger partial charge in [-0.15, -0.1) is 0 Å². The molecular weight excluding hydrogens is 340 g/mol. The smallest absolute Gasteiger partial charge is 0.228 e. The summed E-state index contributed by atoms with van der Waals surface area (Å²) in [7, 11) is 0. The van der Waals surface area contributed by atoms with Crippen LogP contribution in [0.2, 0.25) is 5.02 Å². The van der Waals surface area contributed by atoms with Crippen molar-refractivity contribution in [1.82, 2.24) is 10.6 Å². The van der Waals surface area contributed by atoms with Gasteiger partial charge in [0.2, 0.25) is 5.91 Å². The zero-order valence-corrected chi connectivity index (χ0v) is 15.2. The van der Waals surface area contributed by atoms with E-state index in [2.05, 4.69) is 10.6 Å². The summed E-state index contributed by atoms with van der Waals surface area (Å²) >= 11 is 6.34. The second kappa shape index (κ2) is 7.04. The number of nitrogens with one attached hydrogen (secondary N) is 2. The van der Waals surface area contributed by atoms with Crippen molar-refractivity contribution in [2.75, 3.05) is 26.3 Å². The molecule has 2 fully saturated rings. The topological polar surface area (TPSA) is 59.6 Å². The average Bonchev–Trinajstić information content (AvgIpc) is 2.92. The molecular formula is C19H25ClN2O3. The van der Waals surface area contributed by atoms with Crippen LogP contribution in [-0.4, -0.2) is 32.2 Å². The van der Waals surface area contributed by atoms with E-state index in [-0.39, 0.29) is 11.3 Å². The van der Waals surface area contributed by atoms with Crippen molar-refractivity contribution in [3.8, 4) is 11.5 Å². The van der Waals surface area contributed by atoms with Gasteiger partial charge in [0.05, 0.1) is 23.7 Å². The van der Waals surface area contributed by atoms with Gasteiger partial charge >= 0.3 is 0 Å². The third kappa shape index (κ3) is 3.20. The highest BCUT2D eigenvalue weighted by atomic mass is 35.5. The fourth-order valence-electron chi connectivity index (χ4n) is 4.44. The molecule has 1 aliphatic carbocycles. The Kier molecular flexibility index (Phi) is 4.78. The first-order chi connectivity index (χ1) is 12.2. The largest absolute Gasteiger partial charge is 0.489 e. The summed E-state index contributed by atoms with van der Waals surface area (Å²) in [6, 6.07) is 3.79. The zero-order valence-electron chi connectivity index (χ0n) is 14.4. The maximum absolute atomic E-state index is 13.0. The van der Waals surface area contributed by atoms with Crippen LogP contribution in [0.1, 0.15) is 37.7 Å². The minimum Gasteiger partial charge on any atom is -0.489 e. The van der Waals surface area contributed by atoms with E-state index in [0.717, 1.165) is 44.3 Å². The van der Waals surface area contributed by atoms with E-state index >= 15 is 0 Å². The lowest BCUT2D eigenvalue weighted by molar-refractivity contribution is -0.134. The fraction of sp³-hybridized carbons (Fsp3) is 0.632. The number of hydrogen-bond acceptors (Lipinski definition) is 4. The van der Waals surface area contributed by atoms with E-state index in [4.69, 9.17) is 21.1 Å². The molecule has 0 radical (unpaired) electrons. The van der Waals surface area contributed by atoms with Crippen LogP contribution < -0.4 is 20.1 Å². The van der Waals surface area contributed by atoms with Gasteiger partial charge < -0.3 is 20.1 Å². The zero-order chi connectivity index (χ0) is 17.3. The molecule has 136 valence electrons. The number of carbonyl (C=O) groups is 1. The van der Waals surface area contributed by atoms with Crippen LogP contribution in [0.15, 0.2) is 12.1 Å². The van der Waals surface area contributed by atoms with E-state index < -0.39 is 0 Å². The molecule has 4 rings (SSSR count). The van der Waals surface area contributed by atoms with E-state index in [1.165, 1.54) is 6.42 Å². The van der Waals surface area contributed by atoms with Gasteiger partial charge in [0.1, 0.15) is 0 Å². The van der Waals surface area contributed by atoms with Crippen LogP contribution in [0.25, 0.3) is 0 Å². The number of benzene rings is 1. The van der Waals surface area contributed by atoms with Crippen molar-refractivity contribution < 1.29 is 14.3 Å². The van der Waals surface area contributed by atoms with E-state index in [9.17, 15) is 4.79 Å². The number of carbonyl (C=O) groups excluding carboxylic acids is 1. The quantitative estimate of drug-likeness (QED) is 0.865. The second-order valence-corrected chi connectivity index (χ2v) is 7.78. The Morgan fingerprint density at radius 1 is 1.28 bits per heavy atom. The standard InChI is InChI=1S/C19H25ClN2O3/c20-15-8-13(9-16-17(15)25-7-3-6-24-16)10-22-18(23)19-5-2-1-4-14(19)11-21-12-19/h8-9,14,21H,1-7,10-12H2,(H,22,23)/t14-,19+/m0/s1. The number of halogens is 1. The molecule has 1 aromatic carbocycles. The van der Waals surface area contributed by atoms with Crippen molar-refractivity contribution in [2.24, 2.45) is 11.3 Å². The van der Waals surface area contributed by atoms with Crippen LogP contribution in [0.4, 0.5) is 0 Å². The van der Waals surface area contributed by atoms with Gasteiger partial charge in [0.25, 0.3) is 0 Å². The van der Waals surface area contributed by atoms with E-state index in [1.54, 1.807) is 0 Å². The normalized spacial score (nSPS) is 28.1. The van der Waals surface area contributed by atoms with Crippen molar-refractivity contribution in [2.45, 2.75) is 38.6 Å². The highest BCUT2D eigenvalue weighted by molar-refractivity contribution is 6.32. The third-order valence-corrected chi connectivity index (χ3v) is 6.09. The first kappa shape index (κ1) is 17.0. The molecule has 5 nitrogen and oxygen atoms in total. The van der Waals surface area contributed by atoms with Crippen molar-refractivity contribution >= 4 is 17.5 Å². The first-order valence-corrected chi connectivity index (χ1v) is 9.64. The maximum Gasteiger partial charge on any atom is 0.228 e. The third-order valence-electron chi connectivity index (χ3n) is 5.81. The van der Waals surface area contributed by atoms with Crippen LogP contribution in [0, 0.1) is 11.3 Å². The summed E-state index contributed by atoms with van der Waals surface area (Å²) in [6.45, 7) is 3.45. The molecule has 2 atom stereocenters. The van der Waals surface area contributed by atoms with Gasteiger partial charge in [-0.05, 0) is 43.0 Å². The van der Waals surface area contributed by atoms with Crippen LogP contribution in [0.3, 0.4) is 0 Å². The summed E-state index contributed by atoms with van der Waals surface area (Å²) < 4.78 is 11.4. The first-order valence-electron chi connectivity index (χ1n) is 9.26. The van der Waals surface area contributed by atoms with Gasteiger partial charge in [0, 0.05) is 19.5 Å². The Hall–Kier alpha value is -1.46. The lowest BCUT2D eigenvalue weighted by atomic mass is 9.67. The predicted octanol–water partition coefficient (Wildman–Crippen LogP) is 2.90. The van der Waals surface area contributed by atoms with Gasteiger partial charge in [-0.3, -0.25) is 4.79 Å². The van der Waals surface area contributed by atoms with Gasteiger partial charge in [-0.25, -0.2) is 0 Å². The molecule has 1 saturated heterocycles. The van der Waals surface area contributed by atoms with Crippen LogP contribution in [0.5, 0.6) is 11.5 Å². The number of fused-ring (bicyclic) bond motifs is 2. The summed E-state index contributed by atoms with van der Waals surface area (Å²) in [4.78, 5) is 13.0. The molecule has 1 amide bonds. The Labute approximate surface area is 153 Å². The highest BCUT2D eigenvalue weighted by Crippen LogP contribution is 2.44. The molecule has 1 saturated carbocycles. The Morgan fingerprint density at radius 2 is 2.16 bits per heavy atom. The molecule has 2 N–H and O–H groups in total. The Morgan fingerprint density at radius 3 is 3.08 bits per heavy atom. The number of ether oxygens (including phenoxy) is 2. The fourth-order valence-corrected chi connectivity index (χ4v) is 4.72. The molecule has 3 aliphatic rings. The molecule has 0 bridgehead atoms. The highest BCUT2D eigenvalue weighted by Gasteiger charge is 2.49. The van der Waals surface area contributed by atoms with Crippen molar-refractivity contribution in [3.63, 3.8) is 0 Å². The van der Waals surface area contributed by atoms with E-state index in [1.807, 2.05) is 12.1 Å². The lowest BCUT2D eigenvalue weighted by Crippen LogP contribution is -2.47. The molecule has 2 aliphatic heterocycles. The minimum absolute atomic E-state index is 0.172. The molecule has 0 unspecified atom stereocenters. The molecule has 0 aromatic heterocycles. The SMILES string of the molecule is O=C(NCc1cc(Cl)c2c(c1)OCCCO2)[C@@]12CCCC[C@H]1CNC2. The summed E-state index contributed by atoms with van der Waals surface area (Å²) in [5, 5.41) is 7.11. The van der Waals surface area contributed by atoms with Crippen LogP contribution in [-0.2, 0) is 11.3 Å². The van der Waals surface area contributed by atoms with Crippen molar-refractivity contribution in [1.29, 1.82) is 0 Å². The minimum atomic E-state index is -0.229. The average molecular weight is 365 g/mol. The molecule has 1 aromatic rings. The number of hydrogen-bond donors (Lipinski definition) is 2. The maximum atomic E-state index is 13.0. The van der Waals surface area contributed by atoms with Crippen LogP contribution >= 0.6 is 11.6 Å². The van der Waals surface area contributed by atoms with Gasteiger partial charge in [-0.2, -0.15) is 0 Å². The molecule has 0 spiro atoms. The monoisotopic (exact) mass is 364 g/mol. The van der Waals surface area contributed by atoms with Gasteiger partial charge in [0.15, 0.2) is 11.5 Å². The molecule has 6 heteroatoms. The lowest BCUT2D eigenvalue weighted by Gasteiger charge is -2.37.